The summed E-state index contributed by atoms with van der Waals surface area (Å²) in [6.07, 6.45) is 0. The van der Waals surface area contributed by atoms with Crippen LogP contribution in [0.5, 0.6) is 23.0 Å². The summed E-state index contributed by atoms with van der Waals surface area (Å²) in [7, 11) is 3.13. The average molecular weight is 408 g/mol. The van der Waals surface area contributed by atoms with E-state index in [-0.39, 0.29) is 13.2 Å². The lowest BCUT2D eigenvalue weighted by Gasteiger charge is -2.12. The van der Waals surface area contributed by atoms with E-state index in [1.807, 2.05) is 30.3 Å². The van der Waals surface area contributed by atoms with Crippen LogP contribution in [0, 0.1) is 0 Å². The van der Waals surface area contributed by atoms with Crippen LogP contribution in [-0.2, 0) is 22.7 Å². The van der Waals surface area contributed by atoms with Crippen molar-refractivity contribution in [3.63, 3.8) is 0 Å². The third kappa shape index (κ3) is 6.17. The van der Waals surface area contributed by atoms with Gasteiger partial charge in [0.25, 0.3) is 0 Å². The first-order chi connectivity index (χ1) is 14.7. The second-order valence-corrected chi connectivity index (χ2v) is 6.37. The minimum Gasteiger partial charge on any atom is -0.497 e. The van der Waals surface area contributed by atoms with Crippen molar-refractivity contribution in [1.29, 1.82) is 0 Å². The molecule has 0 aliphatic rings. The van der Waals surface area contributed by atoms with E-state index in [2.05, 4.69) is 0 Å². The van der Waals surface area contributed by atoms with E-state index >= 15 is 0 Å². The number of esters is 1. The van der Waals surface area contributed by atoms with Gasteiger partial charge in [-0.15, -0.1) is 0 Å². The summed E-state index contributed by atoms with van der Waals surface area (Å²) in [5.41, 5.74) is 1.80. The molecule has 0 saturated carbocycles. The van der Waals surface area contributed by atoms with E-state index in [9.17, 15) is 4.79 Å². The predicted octanol–water partition coefficient (Wildman–Crippen LogP) is 4.41. The highest BCUT2D eigenvalue weighted by atomic mass is 16.6. The van der Waals surface area contributed by atoms with E-state index in [1.165, 1.54) is 0 Å². The first kappa shape index (κ1) is 21.0. The van der Waals surface area contributed by atoms with Gasteiger partial charge in [0, 0.05) is 5.56 Å². The minimum atomic E-state index is -0.482. The SMILES string of the molecule is COc1ccc(OC)c(COC(=O)COc2ccc(OCc3ccccc3)cc2)c1. The van der Waals surface area contributed by atoms with Crippen LogP contribution in [0.25, 0.3) is 0 Å². The molecule has 3 rings (SSSR count). The lowest BCUT2D eigenvalue weighted by Crippen LogP contribution is -2.15. The summed E-state index contributed by atoms with van der Waals surface area (Å²) in [6.45, 7) is 0.354. The Bertz CT molecular complexity index is 938. The molecule has 0 atom stereocenters. The van der Waals surface area contributed by atoms with E-state index in [1.54, 1.807) is 56.7 Å². The molecule has 0 N–H and O–H groups in total. The average Bonchev–Trinajstić information content (AvgIpc) is 2.81. The van der Waals surface area contributed by atoms with E-state index < -0.39 is 5.97 Å². The highest BCUT2D eigenvalue weighted by Crippen LogP contribution is 2.24. The topological polar surface area (TPSA) is 63.2 Å². The van der Waals surface area contributed by atoms with Crippen LogP contribution in [0.3, 0.4) is 0 Å². The number of hydrogen-bond acceptors (Lipinski definition) is 6. The molecule has 0 unspecified atom stereocenters. The predicted molar refractivity (Wildman–Crippen MR) is 112 cm³/mol. The zero-order valence-corrected chi connectivity index (χ0v) is 17.0. The standard InChI is InChI=1S/C24H24O6/c1-26-22-12-13-23(27-2)19(14-22)16-30-24(25)17-29-21-10-8-20(9-11-21)28-15-18-6-4-3-5-7-18/h3-14H,15-17H2,1-2H3. The Labute approximate surface area is 175 Å². The van der Waals surface area contributed by atoms with Crippen molar-refractivity contribution in [3.05, 3.63) is 83.9 Å². The Hall–Kier alpha value is -3.67. The molecule has 0 aliphatic carbocycles. The normalized spacial score (nSPS) is 10.2. The molecular formula is C24H24O6. The molecule has 3 aromatic carbocycles. The van der Waals surface area contributed by atoms with Crippen molar-refractivity contribution in [2.75, 3.05) is 20.8 Å². The molecule has 0 bridgehead atoms. The van der Waals surface area contributed by atoms with Crippen molar-refractivity contribution >= 4 is 5.97 Å². The second-order valence-electron chi connectivity index (χ2n) is 6.37. The number of carbonyl (C=O) groups excluding carboxylic acids is 1. The lowest BCUT2D eigenvalue weighted by atomic mass is 10.2. The molecule has 0 amide bonds. The maximum atomic E-state index is 12.0. The van der Waals surface area contributed by atoms with Gasteiger partial charge >= 0.3 is 5.97 Å². The maximum Gasteiger partial charge on any atom is 0.344 e. The van der Waals surface area contributed by atoms with Gasteiger partial charge in [-0.1, -0.05) is 30.3 Å². The van der Waals surface area contributed by atoms with Crippen LogP contribution < -0.4 is 18.9 Å². The number of hydrogen-bond donors (Lipinski definition) is 0. The molecule has 0 radical (unpaired) electrons. The zero-order valence-electron chi connectivity index (χ0n) is 17.0. The highest BCUT2D eigenvalue weighted by molar-refractivity contribution is 5.71. The molecule has 0 aromatic heterocycles. The summed E-state index contributed by atoms with van der Waals surface area (Å²) >= 11 is 0. The molecular weight excluding hydrogens is 384 g/mol. The Balaban J connectivity index is 1.44. The van der Waals surface area contributed by atoms with Gasteiger partial charge in [-0.3, -0.25) is 0 Å². The van der Waals surface area contributed by atoms with Crippen LogP contribution in [0.2, 0.25) is 0 Å². The van der Waals surface area contributed by atoms with Crippen LogP contribution in [-0.4, -0.2) is 26.8 Å². The largest absolute Gasteiger partial charge is 0.497 e. The van der Waals surface area contributed by atoms with Crippen LogP contribution >= 0.6 is 0 Å². The molecule has 3 aromatic rings. The minimum absolute atomic E-state index is 0.0643. The molecule has 0 fully saturated rings. The summed E-state index contributed by atoms with van der Waals surface area (Å²) in [4.78, 5) is 12.0. The molecule has 156 valence electrons. The molecule has 6 heteroatoms. The molecule has 0 spiro atoms. The second kappa shape index (κ2) is 10.8. The molecule has 6 nitrogen and oxygen atoms in total. The van der Waals surface area contributed by atoms with Gasteiger partial charge in [0.15, 0.2) is 6.61 Å². The van der Waals surface area contributed by atoms with E-state index in [0.29, 0.717) is 29.4 Å². The molecule has 0 heterocycles. The zero-order chi connectivity index (χ0) is 21.2. The van der Waals surface area contributed by atoms with Gasteiger partial charge in [-0.2, -0.15) is 0 Å². The van der Waals surface area contributed by atoms with Crippen LogP contribution in [0.4, 0.5) is 0 Å². The fourth-order valence-electron chi connectivity index (χ4n) is 2.71. The van der Waals surface area contributed by atoms with Gasteiger partial charge in [-0.25, -0.2) is 4.79 Å². The third-order valence-corrected chi connectivity index (χ3v) is 4.30. The Morgan fingerprint density at radius 2 is 1.40 bits per heavy atom. The number of carbonyl (C=O) groups is 1. The third-order valence-electron chi connectivity index (χ3n) is 4.30. The van der Waals surface area contributed by atoms with E-state index in [4.69, 9.17) is 23.7 Å². The highest BCUT2D eigenvalue weighted by Gasteiger charge is 2.10. The fourth-order valence-corrected chi connectivity index (χ4v) is 2.71. The number of methoxy groups -OCH3 is 2. The summed E-state index contributed by atoms with van der Waals surface area (Å²) < 4.78 is 27.0. The van der Waals surface area contributed by atoms with Crippen LogP contribution in [0.1, 0.15) is 11.1 Å². The van der Waals surface area contributed by atoms with Crippen molar-refractivity contribution in [1.82, 2.24) is 0 Å². The summed E-state index contributed by atoms with van der Waals surface area (Å²) in [5, 5.41) is 0. The van der Waals surface area contributed by atoms with Crippen molar-refractivity contribution < 1.29 is 28.5 Å². The molecule has 0 aliphatic heterocycles. The Kier molecular flexibility index (Phi) is 7.55. The monoisotopic (exact) mass is 408 g/mol. The molecule has 30 heavy (non-hydrogen) atoms. The van der Waals surface area contributed by atoms with Gasteiger partial charge in [-0.05, 0) is 48.0 Å². The lowest BCUT2D eigenvalue weighted by molar-refractivity contribution is -0.147. The summed E-state index contributed by atoms with van der Waals surface area (Å²) in [5.74, 6) is 2.07. The Morgan fingerprint density at radius 1 is 0.733 bits per heavy atom. The van der Waals surface area contributed by atoms with Crippen LogP contribution in [0.15, 0.2) is 72.8 Å². The van der Waals surface area contributed by atoms with Gasteiger partial charge in [0.05, 0.1) is 14.2 Å². The maximum absolute atomic E-state index is 12.0. The number of ether oxygens (including phenoxy) is 5. The van der Waals surface area contributed by atoms with Crippen molar-refractivity contribution in [2.24, 2.45) is 0 Å². The first-order valence-electron chi connectivity index (χ1n) is 9.44. The van der Waals surface area contributed by atoms with E-state index in [0.717, 1.165) is 11.3 Å². The van der Waals surface area contributed by atoms with Gasteiger partial charge in [0.2, 0.25) is 0 Å². The molecule has 0 saturated heterocycles. The van der Waals surface area contributed by atoms with Gasteiger partial charge < -0.3 is 23.7 Å². The van der Waals surface area contributed by atoms with Gasteiger partial charge in [0.1, 0.15) is 36.2 Å². The first-order valence-corrected chi connectivity index (χ1v) is 9.44. The van der Waals surface area contributed by atoms with Crippen molar-refractivity contribution in [3.8, 4) is 23.0 Å². The number of rotatable bonds is 10. The Morgan fingerprint density at radius 3 is 2.07 bits per heavy atom. The smallest absolute Gasteiger partial charge is 0.344 e. The summed E-state index contributed by atoms with van der Waals surface area (Å²) in [6, 6.07) is 22.3. The fraction of sp³-hybridized carbons (Fsp3) is 0.208. The van der Waals surface area contributed by atoms with Crippen molar-refractivity contribution in [2.45, 2.75) is 13.2 Å². The quantitative estimate of drug-likeness (QED) is 0.463. The number of benzene rings is 3.